The average Bonchev–Trinajstić information content (AvgIpc) is 3.49. The van der Waals surface area contributed by atoms with Gasteiger partial charge in [0.15, 0.2) is 12.3 Å². The lowest BCUT2D eigenvalue weighted by atomic mass is 10.1. The minimum atomic E-state index is -1.12. The Morgan fingerprint density at radius 2 is 2.09 bits per heavy atom. The molecule has 0 aliphatic heterocycles. The summed E-state index contributed by atoms with van der Waals surface area (Å²) in [6, 6.07) is 13.5. The van der Waals surface area contributed by atoms with Gasteiger partial charge in [-0.3, -0.25) is 4.79 Å². The molecular weight excluding hydrogens is 460 g/mol. The standard InChI is InChI=1S/C21H18N8O6/c1-33-14-7-4-6-12(9-14)18-17(24-28-29(18)20-19(22)26-35-27-20)21(32)25-23-10-13-5-2-3-8-15(13)34-11-16(30)31/h2-10H,11H2,1H3,(H4,22,25,26,30,31,32)/p+1. The van der Waals surface area contributed by atoms with Gasteiger partial charge in [-0.25, -0.2) is 10.2 Å². The number of carboxylic acid groups (broad SMARTS) is 1. The summed E-state index contributed by atoms with van der Waals surface area (Å²) in [6.07, 6.45) is 1.32. The van der Waals surface area contributed by atoms with Gasteiger partial charge in [-0.2, -0.15) is 9.73 Å². The molecule has 1 amide bonds. The van der Waals surface area contributed by atoms with Crippen molar-refractivity contribution in [2.24, 2.45) is 5.10 Å². The molecule has 0 atom stereocenters. The zero-order chi connectivity index (χ0) is 24.8. The first-order valence-electron chi connectivity index (χ1n) is 9.98. The first-order chi connectivity index (χ1) is 17.0. The number of nitrogen functional groups attached to an aromatic ring is 1. The van der Waals surface area contributed by atoms with E-state index < -0.39 is 18.5 Å². The Morgan fingerprint density at radius 3 is 2.83 bits per heavy atom. The molecule has 2 heterocycles. The number of carbonyl (C=O) groups excluding carboxylic acids is 1. The second-order valence-corrected chi connectivity index (χ2v) is 6.87. The van der Waals surface area contributed by atoms with Gasteiger partial charge in [0.2, 0.25) is 0 Å². The van der Waals surface area contributed by atoms with Crippen molar-refractivity contribution >= 4 is 23.9 Å². The molecule has 0 fully saturated rings. The van der Waals surface area contributed by atoms with E-state index in [0.717, 1.165) is 0 Å². The Hall–Kier alpha value is -5.27. The van der Waals surface area contributed by atoms with E-state index in [9.17, 15) is 9.59 Å². The lowest BCUT2D eigenvalue weighted by molar-refractivity contribution is -0.652. The van der Waals surface area contributed by atoms with Crippen molar-refractivity contribution in [1.29, 1.82) is 0 Å². The molecule has 2 aromatic heterocycles. The quantitative estimate of drug-likeness (QED) is 0.150. The Kier molecular flexibility index (Phi) is 6.62. The summed E-state index contributed by atoms with van der Waals surface area (Å²) in [6.45, 7) is -0.519. The third-order valence-electron chi connectivity index (χ3n) is 4.62. The van der Waals surface area contributed by atoms with Crippen LogP contribution in [-0.4, -0.2) is 57.5 Å². The van der Waals surface area contributed by atoms with Gasteiger partial charge >= 0.3 is 17.7 Å². The van der Waals surface area contributed by atoms with E-state index in [1.807, 2.05) is 0 Å². The van der Waals surface area contributed by atoms with Crippen molar-refractivity contribution in [3.63, 3.8) is 0 Å². The number of aromatic amines is 1. The number of methoxy groups -OCH3 is 1. The molecule has 4 rings (SSSR count). The highest BCUT2D eigenvalue weighted by Gasteiger charge is 2.31. The Morgan fingerprint density at radius 1 is 1.26 bits per heavy atom. The molecule has 14 nitrogen and oxygen atoms in total. The number of para-hydroxylation sites is 1. The fourth-order valence-electron chi connectivity index (χ4n) is 3.07. The first kappa shape index (κ1) is 22.9. The summed E-state index contributed by atoms with van der Waals surface area (Å²) in [5.41, 5.74) is 9.50. The summed E-state index contributed by atoms with van der Waals surface area (Å²) >= 11 is 0. The zero-order valence-electron chi connectivity index (χ0n) is 18.2. The Labute approximate surface area is 196 Å². The number of aliphatic carboxylic acids is 1. The van der Waals surface area contributed by atoms with Gasteiger partial charge in [0, 0.05) is 11.1 Å². The van der Waals surface area contributed by atoms with Gasteiger partial charge < -0.3 is 20.3 Å². The highest BCUT2D eigenvalue weighted by atomic mass is 16.6. The molecule has 0 saturated carbocycles. The lowest BCUT2D eigenvalue weighted by Gasteiger charge is -2.06. The van der Waals surface area contributed by atoms with Crippen LogP contribution < -0.4 is 25.3 Å². The maximum atomic E-state index is 13.0. The average molecular weight is 479 g/mol. The van der Waals surface area contributed by atoms with Crippen LogP contribution in [0.15, 0.2) is 58.3 Å². The number of carbonyl (C=O) groups is 2. The maximum Gasteiger partial charge on any atom is 0.377 e. The minimum Gasteiger partial charge on any atom is -0.497 e. The van der Waals surface area contributed by atoms with Crippen molar-refractivity contribution < 1.29 is 33.5 Å². The molecular formula is C21H19N8O6+. The number of nitrogens with two attached hydrogens (primary N) is 1. The number of nitrogens with one attached hydrogen (secondary N) is 2. The van der Waals surface area contributed by atoms with Crippen LogP contribution in [0.25, 0.3) is 17.1 Å². The van der Waals surface area contributed by atoms with Gasteiger partial charge in [-0.15, -0.1) is 9.90 Å². The largest absolute Gasteiger partial charge is 0.497 e. The number of hydrogen-bond donors (Lipinski definition) is 4. The van der Waals surface area contributed by atoms with Crippen LogP contribution in [-0.2, 0) is 4.79 Å². The van der Waals surface area contributed by atoms with Crippen LogP contribution in [0.1, 0.15) is 16.1 Å². The molecule has 14 heteroatoms. The van der Waals surface area contributed by atoms with Crippen LogP contribution in [0.3, 0.4) is 0 Å². The Bertz CT molecular complexity index is 1400. The summed E-state index contributed by atoms with van der Waals surface area (Å²) < 4.78 is 16.5. The number of amides is 1. The van der Waals surface area contributed by atoms with Crippen molar-refractivity contribution in [2.45, 2.75) is 0 Å². The van der Waals surface area contributed by atoms with Crippen molar-refractivity contribution in [1.82, 2.24) is 26.1 Å². The molecule has 4 aromatic rings. The predicted octanol–water partition coefficient (Wildman–Crippen LogP) is 0.555. The van der Waals surface area contributed by atoms with E-state index in [1.54, 1.807) is 48.5 Å². The van der Waals surface area contributed by atoms with E-state index in [1.165, 1.54) is 18.0 Å². The predicted molar refractivity (Wildman–Crippen MR) is 119 cm³/mol. The minimum absolute atomic E-state index is 0.0225. The van der Waals surface area contributed by atoms with Gasteiger partial charge in [-0.05, 0) is 34.5 Å². The lowest BCUT2D eigenvalue weighted by Crippen LogP contribution is -2.37. The number of aromatic nitrogens is 5. The molecule has 35 heavy (non-hydrogen) atoms. The fraction of sp³-hybridized carbons (Fsp3) is 0.0952. The van der Waals surface area contributed by atoms with Crippen molar-refractivity contribution in [2.75, 3.05) is 19.5 Å². The molecule has 2 aromatic carbocycles. The number of anilines is 1. The number of ether oxygens (including phenoxy) is 2. The van der Waals surface area contributed by atoms with E-state index in [2.05, 4.69) is 35.8 Å². The molecule has 0 bridgehead atoms. The highest BCUT2D eigenvalue weighted by molar-refractivity contribution is 5.98. The molecule has 0 aliphatic carbocycles. The normalized spacial score (nSPS) is 10.9. The molecule has 178 valence electrons. The first-order valence-corrected chi connectivity index (χ1v) is 9.98. The number of hydrazone groups is 1. The SMILES string of the molecule is COc1cccc(-c2c(C(=O)NN=Cc3ccccc3OCC(=O)O)n[nH][n+]2-c2nonc2N)c1. The zero-order valence-corrected chi connectivity index (χ0v) is 18.2. The van der Waals surface area contributed by atoms with Crippen LogP contribution in [0.5, 0.6) is 11.5 Å². The monoisotopic (exact) mass is 479 g/mol. The molecule has 0 spiro atoms. The third-order valence-corrected chi connectivity index (χ3v) is 4.62. The molecule has 0 aliphatic rings. The molecule has 5 N–H and O–H groups in total. The summed E-state index contributed by atoms with van der Waals surface area (Å²) in [5, 5.41) is 26.9. The topological polar surface area (TPSA) is 195 Å². The van der Waals surface area contributed by atoms with Crippen molar-refractivity contribution in [3.05, 3.63) is 59.8 Å². The maximum absolute atomic E-state index is 13.0. The van der Waals surface area contributed by atoms with Gasteiger partial charge in [-0.1, -0.05) is 24.3 Å². The van der Waals surface area contributed by atoms with Crippen LogP contribution >= 0.6 is 0 Å². The van der Waals surface area contributed by atoms with E-state index in [4.69, 9.17) is 20.3 Å². The van der Waals surface area contributed by atoms with Crippen LogP contribution in [0.2, 0.25) is 0 Å². The second-order valence-electron chi connectivity index (χ2n) is 6.87. The molecule has 0 unspecified atom stereocenters. The summed E-state index contributed by atoms with van der Waals surface area (Å²) in [4.78, 5) is 23.8. The van der Waals surface area contributed by atoms with Gasteiger partial charge in [0.25, 0.3) is 11.5 Å². The van der Waals surface area contributed by atoms with Crippen molar-refractivity contribution in [3.8, 4) is 28.6 Å². The number of benzene rings is 2. The number of H-pyrrole nitrogens is 1. The number of hydrogen-bond acceptors (Lipinski definition) is 10. The van der Waals surface area contributed by atoms with E-state index in [-0.39, 0.29) is 23.1 Å². The third kappa shape index (κ3) is 5.05. The number of nitrogens with zero attached hydrogens (tertiary/aromatic N) is 5. The second kappa shape index (κ2) is 10.1. The summed E-state index contributed by atoms with van der Waals surface area (Å²) in [5.74, 6) is -0.869. The number of carboxylic acids is 1. The molecule has 0 radical (unpaired) electrons. The van der Waals surface area contributed by atoms with Crippen LogP contribution in [0, 0.1) is 0 Å². The highest BCUT2D eigenvalue weighted by Crippen LogP contribution is 2.24. The molecule has 0 saturated heterocycles. The van der Waals surface area contributed by atoms with E-state index >= 15 is 0 Å². The van der Waals surface area contributed by atoms with E-state index in [0.29, 0.717) is 22.6 Å². The van der Waals surface area contributed by atoms with Crippen LogP contribution in [0.4, 0.5) is 5.82 Å². The summed E-state index contributed by atoms with van der Waals surface area (Å²) in [7, 11) is 1.52. The smallest absolute Gasteiger partial charge is 0.377 e. The Balaban J connectivity index is 1.64. The number of rotatable bonds is 9. The van der Waals surface area contributed by atoms with Gasteiger partial charge in [0.05, 0.1) is 13.3 Å². The van der Waals surface area contributed by atoms with Gasteiger partial charge in [0.1, 0.15) is 16.7 Å². The fourth-order valence-corrected chi connectivity index (χ4v) is 3.07.